The summed E-state index contributed by atoms with van der Waals surface area (Å²) in [6.07, 6.45) is 0.371. The van der Waals surface area contributed by atoms with Crippen molar-refractivity contribution in [3.63, 3.8) is 0 Å². The second kappa shape index (κ2) is 8.55. The molecule has 20 heavy (non-hydrogen) atoms. The topological polar surface area (TPSA) is 70.6 Å². The highest BCUT2D eigenvalue weighted by atomic mass is 16.5. The van der Waals surface area contributed by atoms with Crippen molar-refractivity contribution in [2.75, 3.05) is 25.6 Å². The SMILES string of the molecule is COc1ccccc1NC(=O)CC(C)NCC(C)CO. The Labute approximate surface area is 120 Å². The molecule has 1 amide bonds. The van der Waals surface area contributed by atoms with Gasteiger partial charge in [-0.15, -0.1) is 0 Å². The van der Waals surface area contributed by atoms with Crippen molar-refractivity contribution in [2.24, 2.45) is 5.92 Å². The zero-order valence-corrected chi connectivity index (χ0v) is 12.3. The number of nitrogens with one attached hydrogen (secondary N) is 2. The van der Waals surface area contributed by atoms with Gasteiger partial charge in [-0.2, -0.15) is 0 Å². The molecule has 0 aliphatic carbocycles. The van der Waals surface area contributed by atoms with Gasteiger partial charge in [0.2, 0.25) is 5.91 Å². The third-order valence-corrected chi connectivity index (χ3v) is 3.00. The fourth-order valence-corrected chi connectivity index (χ4v) is 1.77. The van der Waals surface area contributed by atoms with E-state index in [0.29, 0.717) is 24.4 Å². The average Bonchev–Trinajstić information content (AvgIpc) is 2.45. The Bertz CT molecular complexity index is 423. The van der Waals surface area contributed by atoms with Crippen LogP contribution in [0.25, 0.3) is 0 Å². The van der Waals surface area contributed by atoms with E-state index in [1.165, 1.54) is 0 Å². The molecule has 0 saturated heterocycles. The molecule has 0 bridgehead atoms. The second-order valence-electron chi connectivity index (χ2n) is 5.05. The third-order valence-electron chi connectivity index (χ3n) is 3.00. The maximum absolute atomic E-state index is 11.9. The van der Waals surface area contributed by atoms with Crippen LogP contribution in [0.3, 0.4) is 0 Å². The molecular formula is C15H24N2O3. The molecule has 2 unspecified atom stereocenters. The summed E-state index contributed by atoms with van der Waals surface area (Å²) in [6.45, 7) is 4.74. The van der Waals surface area contributed by atoms with Crippen molar-refractivity contribution in [1.82, 2.24) is 5.32 Å². The van der Waals surface area contributed by atoms with Gasteiger partial charge < -0.3 is 20.5 Å². The van der Waals surface area contributed by atoms with Crippen LogP contribution in [0.15, 0.2) is 24.3 Å². The quantitative estimate of drug-likeness (QED) is 0.677. The zero-order valence-electron chi connectivity index (χ0n) is 12.3. The molecule has 0 heterocycles. The van der Waals surface area contributed by atoms with Crippen molar-refractivity contribution < 1.29 is 14.6 Å². The second-order valence-corrected chi connectivity index (χ2v) is 5.05. The average molecular weight is 280 g/mol. The number of carbonyl (C=O) groups excluding carboxylic acids is 1. The van der Waals surface area contributed by atoms with Crippen LogP contribution in [0.5, 0.6) is 5.75 Å². The van der Waals surface area contributed by atoms with Crippen molar-refractivity contribution in [1.29, 1.82) is 0 Å². The molecule has 1 rings (SSSR count). The molecule has 112 valence electrons. The monoisotopic (exact) mass is 280 g/mol. The number of aliphatic hydroxyl groups is 1. The Balaban J connectivity index is 2.43. The molecule has 0 saturated carbocycles. The van der Waals surface area contributed by atoms with Gasteiger partial charge in [-0.05, 0) is 25.0 Å². The first-order valence-corrected chi connectivity index (χ1v) is 6.84. The number of benzene rings is 1. The summed E-state index contributed by atoms with van der Waals surface area (Å²) >= 11 is 0. The van der Waals surface area contributed by atoms with Gasteiger partial charge >= 0.3 is 0 Å². The highest BCUT2D eigenvalue weighted by Crippen LogP contribution is 2.23. The lowest BCUT2D eigenvalue weighted by atomic mass is 10.1. The lowest BCUT2D eigenvalue weighted by Gasteiger charge is -2.16. The van der Waals surface area contributed by atoms with Crippen molar-refractivity contribution in [3.05, 3.63) is 24.3 Å². The van der Waals surface area contributed by atoms with E-state index >= 15 is 0 Å². The zero-order chi connectivity index (χ0) is 15.0. The molecule has 0 aliphatic rings. The van der Waals surface area contributed by atoms with Gasteiger partial charge in [0, 0.05) is 25.6 Å². The number of amides is 1. The van der Waals surface area contributed by atoms with E-state index in [4.69, 9.17) is 9.84 Å². The Kier molecular flexibility index (Phi) is 7.04. The minimum absolute atomic E-state index is 0.0544. The van der Waals surface area contributed by atoms with Crippen LogP contribution in [-0.2, 0) is 4.79 Å². The van der Waals surface area contributed by atoms with Crippen LogP contribution < -0.4 is 15.4 Å². The van der Waals surface area contributed by atoms with Gasteiger partial charge in [0.15, 0.2) is 0 Å². The molecule has 2 atom stereocenters. The van der Waals surface area contributed by atoms with Gasteiger partial charge in [0.25, 0.3) is 0 Å². The van der Waals surface area contributed by atoms with Gasteiger partial charge in [-0.3, -0.25) is 4.79 Å². The van der Waals surface area contributed by atoms with E-state index in [2.05, 4.69) is 10.6 Å². The maximum Gasteiger partial charge on any atom is 0.226 e. The van der Waals surface area contributed by atoms with E-state index in [1.54, 1.807) is 13.2 Å². The minimum Gasteiger partial charge on any atom is -0.495 e. The molecule has 0 radical (unpaired) electrons. The Morgan fingerprint density at radius 3 is 2.70 bits per heavy atom. The van der Waals surface area contributed by atoms with E-state index in [0.717, 1.165) is 0 Å². The molecule has 0 aromatic heterocycles. The van der Waals surface area contributed by atoms with Gasteiger partial charge in [0.1, 0.15) is 5.75 Å². The van der Waals surface area contributed by atoms with E-state index in [1.807, 2.05) is 32.0 Å². The fraction of sp³-hybridized carbons (Fsp3) is 0.533. The number of aliphatic hydroxyl groups excluding tert-OH is 1. The molecular weight excluding hydrogens is 256 g/mol. The first kappa shape index (κ1) is 16.5. The predicted octanol–water partition coefficient (Wildman–Crippen LogP) is 1.63. The summed E-state index contributed by atoms with van der Waals surface area (Å²) in [4.78, 5) is 11.9. The predicted molar refractivity (Wildman–Crippen MR) is 80.0 cm³/mol. The Morgan fingerprint density at radius 2 is 2.05 bits per heavy atom. The minimum atomic E-state index is -0.0637. The van der Waals surface area contributed by atoms with Gasteiger partial charge in [-0.1, -0.05) is 19.1 Å². The van der Waals surface area contributed by atoms with Gasteiger partial charge in [-0.25, -0.2) is 0 Å². The van der Waals surface area contributed by atoms with Gasteiger partial charge in [0.05, 0.1) is 12.8 Å². The van der Waals surface area contributed by atoms with E-state index < -0.39 is 0 Å². The molecule has 5 nitrogen and oxygen atoms in total. The summed E-state index contributed by atoms with van der Waals surface area (Å²) in [6, 6.07) is 7.37. The van der Waals surface area contributed by atoms with E-state index in [-0.39, 0.29) is 24.5 Å². The van der Waals surface area contributed by atoms with Crippen LogP contribution in [-0.4, -0.2) is 37.3 Å². The van der Waals surface area contributed by atoms with Crippen molar-refractivity contribution >= 4 is 11.6 Å². The summed E-state index contributed by atoms with van der Waals surface area (Å²) in [7, 11) is 1.57. The molecule has 0 spiro atoms. The first-order chi connectivity index (χ1) is 9.56. The lowest BCUT2D eigenvalue weighted by Crippen LogP contribution is -2.34. The number of hydrogen-bond donors (Lipinski definition) is 3. The highest BCUT2D eigenvalue weighted by molar-refractivity contribution is 5.92. The number of para-hydroxylation sites is 2. The molecule has 3 N–H and O–H groups in total. The molecule has 5 heteroatoms. The molecule has 0 aliphatic heterocycles. The standard InChI is InChI=1S/C15H24N2O3/c1-11(10-18)9-16-12(2)8-15(19)17-13-6-4-5-7-14(13)20-3/h4-7,11-12,16,18H,8-10H2,1-3H3,(H,17,19). The number of hydrogen-bond acceptors (Lipinski definition) is 4. The largest absolute Gasteiger partial charge is 0.495 e. The van der Waals surface area contributed by atoms with Crippen LogP contribution in [0.1, 0.15) is 20.3 Å². The third kappa shape index (κ3) is 5.59. The highest BCUT2D eigenvalue weighted by Gasteiger charge is 2.11. The molecule has 1 aromatic rings. The number of rotatable bonds is 8. The Hall–Kier alpha value is -1.59. The maximum atomic E-state index is 11.9. The number of methoxy groups -OCH3 is 1. The van der Waals surface area contributed by atoms with Crippen LogP contribution in [0.2, 0.25) is 0 Å². The summed E-state index contributed by atoms with van der Waals surface area (Å²) in [5, 5.41) is 15.0. The van der Waals surface area contributed by atoms with Crippen LogP contribution in [0, 0.1) is 5.92 Å². The van der Waals surface area contributed by atoms with Crippen molar-refractivity contribution in [2.45, 2.75) is 26.3 Å². The smallest absolute Gasteiger partial charge is 0.226 e. The van der Waals surface area contributed by atoms with E-state index in [9.17, 15) is 4.79 Å². The summed E-state index contributed by atoms with van der Waals surface area (Å²) in [5.74, 6) is 0.774. The fourth-order valence-electron chi connectivity index (χ4n) is 1.77. The van der Waals surface area contributed by atoms with Crippen LogP contribution >= 0.6 is 0 Å². The first-order valence-electron chi connectivity index (χ1n) is 6.84. The molecule has 1 aromatic carbocycles. The summed E-state index contributed by atoms with van der Waals surface area (Å²) in [5.41, 5.74) is 0.677. The lowest BCUT2D eigenvalue weighted by molar-refractivity contribution is -0.116. The number of ether oxygens (including phenoxy) is 1. The Morgan fingerprint density at radius 1 is 1.35 bits per heavy atom. The van der Waals surface area contributed by atoms with Crippen molar-refractivity contribution in [3.8, 4) is 5.75 Å². The molecule has 0 fully saturated rings. The summed E-state index contributed by atoms with van der Waals surface area (Å²) < 4.78 is 5.19. The van der Waals surface area contributed by atoms with Crippen LogP contribution in [0.4, 0.5) is 5.69 Å². The normalized spacial score (nSPS) is 13.6. The number of anilines is 1. The number of carbonyl (C=O) groups is 1.